The van der Waals surface area contributed by atoms with Gasteiger partial charge in [0, 0.05) is 12.2 Å². The van der Waals surface area contributed by atoms with E-state index in [9.17, 15) is 19.2 Å². The van der Waals surface area contributed by atoms with Gasteiger partial charge in [0.25, 0.3) is 0 Å². The van der Waals surface area contributed by atoms with E-state index >= 15 is 0 Å². The predicted octanol–water partition coefficient (Wildman–Crippen LogP) is 6.03. The third kappa shape index (κ3) is 13.8. The largest absolute Gasteiger partial charge is 0.463 e. The zero-order valence-electron chi connectivity index (χ0n) is 23.0. The molecule has 0 bridgehead atoms. The quantitative estimate of drug-likeness (QED) is 0.0703. The molecular weight excluding hydrogens is 484 g/mol. The Morgan fingerprint density at radius 1 is 0.658 bits per heavy atom. The van der Waals surface area contributed by atoms with Gasteiger partial charge in [0.1, 0.15) is 0 Å². The molecule has 0 aliphatic heterocycles. The molecule has 0 heterocycles. The van der Waals surface area contributed by atoms with E-state index in [2.05, 4.69) is 9.98 Å². The van der Waals surface area contributed by atoms with Crippen LogP contribution >= 0.6 is 0 Å². The molecule has 0 aromatic rings. The minimum absolute atomic E-state index is 0.301. The van der Waals surface area contributed by atoms with Crippen LogP contribution in [0.1, 0.15) is 103 Å². The minimum Gasteiger partial charge on any atom is -0.463 e. The maximum atomic E-state index is 12.0. The summed E-state index contributed by atoms with van der Waals surface area (Å²) >= 11 is 0. The van der Waals surface area contributed by atoms with Crippen LogP contribution in [0.2, 0.25) is 0 Å². The molecule has 8 nitrogen and oxygen atoms in total. The molecule has 2 atom stereocenters. The minimum atomic E-state index is -0.546. The van der Waals surface area contributed by atoms with E-state index in [0.29, 0.717) is 50.0 Å². The lowest BCUT2D eigenvalue weighted by Gasteiger charge is -2.30. The van der Waals surface area contributed by atoms with Gasteiger partial charge < -0.3 is 9.47 Å². The number of hydrogen-bond acceptors (Lipinski definition) is 8. The normalized spacial score (nSPS) is 18.2. The van der Waals surface area contributed by atoms with Gasteiger partial charge in [-0.2, -0.15) is 0 Å². The van der Waals surface area contributed by atoms with Gasteiger partial charge in [-0.1, -0.05) is 64.2 Å². The highest BCUT2D eigenvalue weighted by molar-refractivity contribution is 5.91. The Morgan fingerprint density at radius 2 is 1.05 bits per heavy atom. The van der Waals surface area contributed by atoms with E-state index in [1.807, 2.05) is 0 Å². The van der Waals surface area contributed by atoms with Gasteiger partial charge >= 0.3 is 11.9 Å². The number of nitrogens with zero attached hydrogens (tertiary/aromatic N) is 2. The van der Waals surface area contributed by atoms with Gasteiger partial charge in [-0.15, -0.1) is 0 Å². The van der Waals surface area contributed by atoms with Crippen LogP contribution in [0.4, 0.5) is 0 Å². The molecule has 2 saturated carbocycles. The van der Waals surface area contributed by atoms with Crippen LogP contribution in [0.3, 0.4) is 0 Å². The number of rotatable bonds is 18. The Bertz CT molecular complexity index is 738. The molecule has 0 spiro atoms. The lowest BCUT2D eigenvalue weighted by molar-refractivity contribution is -0.140. The predicted molar refractivity (Wildman–Crippen MR) is 145 cm³/mol. The van der Waals surface area contributed by atoms with Gasteiger partial charge in [-0.25, -0.2) is 29.2 Å². The second-order valence-corrected chi connectivity index (χ2v) is 10.8. The SMILES string of the molecule is O=C=NCCC(CCCOC(=O)/C=C/C(=O)OCCCC(CCN=C=O)C1CCCCC1)C1CCCCC1. The number of aliphatic imine (C=N–C) groups is 2. The van der Waals surface area contributed by atoms with Crippen molar-refractivity contribution >= 4 is 24.1 Å². The molecular formula is C30H46N2O6. The summed E-state index contributed by atoms with van der Waals surface area (Å²) in [6.45, 7) is 1.61. The topological polar surface area (TPSA) is 111 Å². The molecule has 2 fully saturated rings. The molecule has 2 aliphatic carbocycles. The van der Waals surface area contributed by atoms with Crippen molar-refractivity contribution in [3.05, 3.63) is 12.2 Å². The zero-order chi connectivity index (χ0) is 27.3. The van der Waals surface area contributed by atoms with Gasteiger partial charge in [-0.3, -0.25) is 0 Å². The van der Waals surface area contributed by atoms with E-state index in [0.717, 1.165) is 50.7 Å². The number of hydrogen-bond donors (Lipinski definition) is 0. The molecule has 212 valence electrons. The van der Waals surface area contributed by atoms with E-state index in [-0.39, 0.29) is 0 Å². The first-order chi connectivity index (χ1) is 18.6. The summed E-state index contributed by atoms with van der Waals surface area (Å²) in [5.74, 6) is 1.17. The second kappa shape index (κ2) is 20.4. The molecule has 8 heteroatoms. The lowest BCUT2D eigenvalue weighted by atomic mass is 9.76. The van der Waals surface area contributed by atoms with Crippen molar-refractivity contribution < 1.29 is 28.7 Å². The third-order valence-electron chi connectivity index (χ3n) is 8.27. The number of isocyanates is 2. The zero-order valence-corrected chi connectivity index (χ0v) is 23.0. The van der Waals surface area contributed by atoms with Crippen molar-refractivity contribution in [1.82, 2.24) is 0 Å². The molecule has 0 radical (unpaired) electrons. The number of carbonyl (C=O) groups is 2. The van der Waals surface area contributed by atoms with Gasteiger partial charge in [0.05, 0.1) is 26.3 Å². The van der Waals surface area contributed by atoms with Gasteiger partial charge in [0.2, 0.25) is 12.2 Å². The van der Waals surface area contributed by atoms with Crippen molar-refractivity contribution in [2.75, 3.05) is 26.3 Å². The highest BCUT2D eigenvalue weighted by Gasteiger charge is 2.24. The first-order valence-corrected chi connectivity index (χ1v) is 14.7. The highest BCUT2D eigenvalue weighted by Crippen LogP contribution is 2.35. The van der Waals surface area contributed by atoms with Crippen molar-refractivity contribution in [2.24, 2.45) is 33.7 Å². The smallest absolute Gasteiger partial charge is 0.331 e. The fourth-order valence-electron chi connectivity index (χ4n) is 6.26. The summed E-state index contributed by atoms with van der Waals surface area (Å²) in [6, 6.07) is 0. The van der Waals surface area contributed by atoms with Gasteiger partial charge in [-0.05, 0) is 62.2 Å². The van der Waals surface area contributed by atoms with Crippen molar-refractivity contribution in [3.8, 4) is 0 Å². The summed E-state index contributed by atoms with van der Waals surface area (Å²) in [6.07, 6.45) is 23.1. The van der Waals surface area contributed by atoms with Crippen molar-refractivity contribution in [3.63, 3.8) is 0 Å². The van der Waals surface area contributed by atoms with Crippen LogP contribution in [0.25, 0.3) is 0 Å². The summed E-state index contributed by atoms with van der Waals surface area (Å²) in [4.78, 5) is 52.3. The second-order valence-electron chi connectivity index (χ2n) is 10.8. The fraction of sp³-hybridized carbons (Fsp3) is 0.800. The summed E-state index contributed by atoms with van der Waals surface area (Å²) < 4.78 is 10.5. The molecule has 2 aliphatic rings. The molecule has 0 aromatic heterocycles. The molecule has 0 amide bonds. The standard InChI is InChI=1S/C30H46N2O6/c33-23-31-19-17-27(25-9-3-1-4-10-25)13-7-21-37-29(35)15-16-30(36)38-22-8-14-28(18-20-32-24-34)26-11-5-2-6-12-26/h15-16,25-28H,1-14,17-22H2/b16-15+. The highest BCUT2D eigenvalue weighted by atomic mass is 16.5. The first-order valence-electron chi connectivity index (χ1n) is 14.7. The average Bonchev–Trinajstić information content (AvgIpc) is 2.95. The molecule has 2 rings (SSSR count). The van der Waals surface area contributed by atoms with Crippen LogP contribution in [-0.2, 0) is 28.7 Å². The van der Waals surface area contributed by atoms with Crippen LogP contribution in [-0.4, -0.2) is 50.4 Å². The van der Waals surface area contributed by atoms with Crippen molar-refractivity contribution in [1.29, 1.82) is 0 Å². The van der Waals surface area contributed by atoms with Crippen LogP contribution in [0.5, 0.6) is 0 Å². The first kappa shape index (κ1) is 31.7. The lowest BCUT2D eigenvalue weighted by Crippen LogP contribution is -2.20. The van der Waals surface area contributed by atoms with Crippen LogP contribution in [0.15, 0.2) is 22.1 Å². The maximum absolute atomic E-state index is 12.0. The monoisotopic (exact) mass is 530 g/mol. The van der Waals surface area contributed by atoms with Crippen LogP contribution in [0, 0.1) is 23.7 Å². The van der Waals surface area contributed by atoms with Crippen LogP contribution < -0.4 is 0 Å². The maximum Gasteiger partial charge on any atom is 0.331 e. The van der Waals surface area contributed by atoms with E-state index < -0.39 is 11.9 Å². The van der Waals surface area contributed by atoms with E-state index in [1.165, 1.54) is 64.2 Å². The number of ether oxygens (including phenoxy) is 2. The Kier molecular flexibility index (Phi) is 17.0. The van der Waals surface area contributed by atoms with Gasteiger partial charge in [0.15, 0.2) is 0 Å². The Balaban J connectivity index is 1.62. The Labute approximate surface area is 227 Å². The summed E-state index contributed by atoms with van der Waals surface area (Å²) in [5, 5.41) is 0. The molecule has 38 heavy (non-hydrogen) atoms. The number of esters is 2. The molecule has 0 N–H and O–H groups in total. The Morgan fingerprint density at radius 3 is 1.42 bits per heavy atom. The molecule has 0 saturated heterocycles. The van der Waals surface area contributed by atoms with E-state index in [1.54, 1.807) is 12.2 Å². The summed E-state index contributed by atoms with van der Waals surface area (Å²) in [7, 11) is 0. The van der Waals surface area contributed by atoms with Crippen molar-refractivity contribution in [2.45, 2.75) is 103 Å². The molecule has 0 aromatic carbocycles. The number of carbonyl (C=O) groups excluding carboxylic acids is 4. The Hall–Kier alpha value is -2.56. The molecule has 2 unspecified atom stereocenters. The third-order valence-corrected chi connectivity index (χ3v) is 8.27. The average molecular weight is 531 g/mol. The van der Waals surface area contributed by atoms with E-state index in [4.69, 9.17) is 9.47 Å². The fourth-order valence-corrected chi connectivity index (χ4v) is 6.26. The summed E-state index contributed by atoms with van der Waals surface area (Å²) in [5.41, 5.74) is 0.